The molecule has 0 unspecified atom stereocenters. The predicted molar refractivity (Wildman–Crippen MR) is 136 cm³/mol. The first-order valence-corrected chi connectivity index (χ1v) is 29.6. The minimum Gasteiger partial charge on any atom is -0.437 e. The molecule has 0 aliphatic heterocycles. The first kappa shape index (κ1) is 30.5. The van der Waals surface area contributed by atoms with E-state index in [0.717, 1.165) is 0 Å². The Bertz CT molecular complexity index is 459. The van der Waals surface area contributed by atoms with Gasteiger partial charge in [-0.1, -0.05) is 0 Å². The normalized spacial score (nSPS) is 15.1. The summed E-state index contributed by atoms with van der Waals surface area (Å²) >= 11 is 0. The Balaban J connectivity index is 4.39. The van der Waals surface area contributed by atoms with Gasteiger partial charge in [0.05, 0.1) is 0 Å². The molecular formula is C14H42O7Si8. The predicted octanol–water partition coefficient (Wildman–Crippen LogP) is 4.65. The molecule has 0 aromatic heterocycles. The third kappa shape index (κ3) is 17.7. The topological polar surface area (TPSA) is 64.6 Å². The molecule has 0 fully saturated rings. The van der Waals surface area contributed by atoms with Crippen LogP contribution in [0.5, 0.6) is 0 Å². The molecule has 0 N–H and O–H groups in total. The zero-order valence-electron chi connectivity index (χ0n) is 20.9. The largest absolute Gasteiger partial charge is 0.437 e. The minimum absolute atomic E-state index is 0.122. The van der Waals surface area contributed by atoms with E-state index in [0.29, 0.717) is 0 Å². The zero-order valence-corrected chi connectivity index (χ0v) is 28.9. The van der Waals surface area contributed by atoms with Crippen LogP contribution in [0.1, 0.15) is 0 Å². The lowest BCUT2D eigenvalue weighted by atomic mass is 11.8. The monoisotopic (exact) mass is 546 g/mol. The van der Waals surface area contributed by atoms with Crippen molar-refractivity contribution in [1.29, 1.82) is 0 Å². The summed E-state index contributed by atoms with van der Waals surface area (Å²) in [5, 5.41) is 0. The van der Waals surface area contributed by atoms with Gasteiger partial charge in [0, 0.05) is 0 Å². The molecule has 15 heteroatoms. The fourth-order valence-corrected chi connectivity index (χ4v) is 29.3. The smallest absolute Gasteiger partial charge is 0.412 e. The van der Waals surface area contributed by atoms with Crippen LogP contribution in [0.4, 0.5) is 0 Å². The van der Waals surface area contributed by atoms with E-state index in [1.165, 1.54) is 0 Å². The molecule has 7 nitrogen and oxygen atoms in total. The average molecular weight is 547 g/mol. The molecule has 0 aliphatic carbocycles. The van der Waals surface area contributed by atoms with E-state index >= 15 is 0 Å². The van der Waals surface area contributed by atoms with Crippen molar-refractivity contribution >= 4 is 70.9 Å². The summed E-state index contributed by atoms with van der Waals surface area (Å²) < 4.78 is 42.6. The summed E-state index contributed by atoms with van der Waals surface area (Å²) in [5.41, 5.74) is 0. The van der Waals surface area contributed by atoms with Crippen LogP contribution in [0.3, 0.4) is 0 Å². The van der Waals surface area contributed by atoms with Crippen molar-refractivity contribution in [3.63, 3.8) is 0 Å². The maximum absolute atomic E-state index is 6.30. The molecule has 0 atom stereocenters. The van der Waals surface area contributed by atoms with Crippen LogP contribution in [0.2, 0.25) is 91.7 Å². The number of rotatable bonds is 14. The van der Waals surface area contributed by atoms with Gasteiger partial charge in [0.25, 0.3) is 0 Å². The highest BCUT2D eigenvalue weighted by Gasteiger charge is 2.41. The fourth-order valence-electron chi connectivity index (χ4n) is 3.00. The Morgan fingerprint density at radius 2 is 0.655 bits per heavy atom. The van der Waals surface area contributed by atoms with Gasteiger partial charge >= 0.3 is 54.3 Å². The lowest BCUT2D eigenvalue weighted by molar-refractivity contribution is 0.305. The molecule has 0 saturated heterocycles. The molecule has 0 spiro atoms. The third-order valence-corrected chi connectivity index (χ3v) is 24.7. The van der Waals surface area contributed by atoms with E-state index < -0.39 is 50.9 Å². The molecular weight excluding hydrogens is 505 g/mol. The van der Waals surface area contributed by atoms with Crippen LogP contribution >= 0.6 is 0 Å². The number of hydrogen-bond donors (Lipinski definition) is 0. The van der Waals surface area contributed by atoms with Crippen molar-refractivity contribution < 1.29 is 28.8 Å². The summed E-state index contributed by atoms with van der Waals surface area (Å²) in [6.07, 6.45) is 0. The summed E-state index contributed by atoms with van der Waals surface area (Å²) in [4.78, 5) is 0. The summed E-state index contributed by atoms with van der Waals surface area (Å²) in [7, 11) is -12.6. The van der Waals surface area contributed by atoms with Crippen molar-refractivity contribution in [3.05, 3.63) is 0 Å². The maximum Gasteiger partial charge on any atom is 0.412 e. The molecule has 4 radical (unpaired) electrons. The molecule has 0 aromatic rings. The Hall–Kier alpha value is 1.46. The van der Waals surface area contributed by atoms with Crippen molar-refractivity contribution in [1.82, 2.24) is 0 Å². The lowest BCUT2D eigenvalue weighted by Gasteiger charge is -2.37. The van der Waals surface area contributed by atoms with Crippen molar-refractivity contribution in [2.24, 2.45) is 0 Å². The van der Waals surface area contributed by atoms with E-state index in [9.17, 15) is 0 Å². The second kappa shape index (κ2) is 11.1. The van der Waals surface area contributed by atoms with Crippen LogP contribution in [0.25, 0.3) is 0 Å². The standard InChI is InChI=1S/C14H42O7Si8/c1-24(2,3)18-28(11,12)20-26(7,8)16-22-15-23-17-27(9,10)21-29(13,14)19-25(4,5)6/h1-14H3. The van der Waals surface area contributed by atoms with Crippen LogP contribution in [-0.2, 0) is 28.8 Å². The van der Waals surface area contributed by atoms with Gasteiger partial charge in [0.2, 0.25) is 0 Å². The minimum atomic E-state index is -2.33. The Morgan fingerprint density at radius 3 is 0.897 bits per heavy atom. The van der Waals surface area contributed by atoms with Crippen molar-refractivity contribution in [2.45, 2.75) is 91.7 Å². The highest BCUT2D eigenvalue weighted by molar-refractivity contribution is 6.87. The Labute approximate surface area is 190 Å². The quantitative estimate of drug-likeness (QED) is 0.232. The average Bonchev–Trinajstić information content (AvgIpc) is 2.27. The second-order valence-electron chi connectivity index (χ2n) is 10.7. The van der Waals surface area contributed by atoms with Gasteiger partial charge in [-0.3, -0.25) is 0 Å². The van der Waals surface area contributed by atoms with E-state index in [-0.39, 0.29) is 20.0 Å². The maximum atomic E-state index is 6.30. The van der Waals surface area contributed by atoms with Gasteiger partial charge in [-0.25, -0.2) is 0 Å². The molecule has 0 aromatic carbocycles. The summed E-state index contributed by atoms with van der Waals surface area (Å²) in [6, 6.07) is 0. The highest BCUT2D eigenvalue weighted by atomic mass is 28.5. The Morgan fingerprint density at radius 1 is 0.379 bits per heavy atom. The molecule has 0 heterocycles. The van der Waals surface area contributed by atoms with E-state index in [4.69, 9.17) is 28.8 Å². The van der Waals surface area contributed by atoms with Crippen LogP contribution in [0.15, 0.2) is 0 Å². The van der Waals surface area contributed by atoms with Gasteiger partial charge in [0.15, 0.2) is 16.6 Å². The number of hydrogen-bond acceptors (Lipinski definition) is 7. The SMILES string of the molecule is C[Si](C)(C)O[Si](C)(C)O[Si](C)(C)O[Si]O[Si]O[Si](C)(C)O[Si](C)(C)O[Si](C)(C)C. The molecule has 0 amide bonds. The van der Waals surface area contributed by atoms with Gasteiger partial charge in [-0.2, -0.15) is 0 Å². The fraction of sp³-hybridized carbons (Fsp3) is 1.00. The molecule has 0 aliphatic rings. The van der Waals surface area contributed by atoms with Gasteiger partial charge < -0.3 is 28.8 Å². The second-order valence-corrected chi connectivity index (χ2v) is 36.4. The summed E-state index contributed by atoms with van der Waals surface area (Å²) in [5.74, 6) is 0. The van der Waals surface area contributed by atoms with Crippen molar-refractivity contribution in [3.8, 4) is 0 Å². The van der Waals surface area contributed by atoms with Crippen LogP contribution in [-0.4, -0.2) is 70.9 Å². The summed E-state index contributed by atoms with van der Waals surface area (Å²) in [6.45, 7) is 29.5. The van der Waals surface area contributed by atoms with Gasteiger partial charge in [-0.05, 0) is 91.7 Å². The van der Waals surface area contributed by atoms with Crippen LogP contribution in [0, 0.1) is 0 Å². The van der Waals surface area contributed by atoms with E-state index in [1.54, 1.807) is 0 Å². The zero-order chi connectivity index (χ0) is 23.4. The van der Waals surface area contributed by atoms with Gasteiger partial charge in [-0.15, -0.1) is 0 Å². The lowest BCUT2D eigenvalue weighted by Crippen LogP contribution is -2.53. The molecule has 0 rings (SSSR count). The van der Waals surface area contributed by atoms with Gasteiger partial charge in [0.1, 0.15) is 0 Å². The first-order valence-electron chi connectivity index (χ1n) is 9.86. The van der Waals surface area contributed by atoms with Crippen molar-refractivity contribution in [2.75, 3.05) is 0 Å². The van der Waals surface area contributed by atoms with E-state index in [2.05, 4.69) is 65.5 Å². The molecule has 172 valence electrons. The molecule has 0 bridgehead atoms. The highest BCUT2D eigenvalue weighted by Crippen LogP contribution is 2.22. The molecule has 29 heavy (non-hydrogen) atoms. The van der Waals surface area contributed by atoms with Crippen LogP contribution < -0.4 is 0 Å². The first-order chi connectivity index (χ1) is 12.5. The third-order valence-electron chi connectivity index (χ3n) is 2.75. The Kier molecular flexibility index (Phi) is 11.6. The van der Waals surface area contributed by atoms with E-state index in [1.807, 2.05) is 26.2 Å². The molecule has 0 saturated carbocycles.